The van der Waals surface area contributed by atoms with E-state index in [1.807, 2.05) is 12.1 Å². The summed E-state index contributed by atoms with van der Waals surface area (Å²) >= 11 is 0. The summed E-state index contributed by atoms with van der Waals surface area (Å²) in [4.78, 5) is 4.06. The highest BCUT2D eigenvalue weighted by molar-refractivity contribution is 5.31. The van der Waals surface area contributed by atoms with Gasteiger partial charge in [0.25, 0.3) is 0 Å². The summed E-state index contributed by atoms with van der Waals surface area (Å²) in [6.07, 6.45) is 7.23. The summed E-state index contributed by atoms with van der Waals surface area (Å²) in [6, 6.07) is 3.90. The van der Waals surface area contributed by atoms with Crippen LogP contribution in [0.25, 0.3) is 0 Å². The van der Waals surface area contributed by atoms with E-state index in [0.717, 1.165) is 5.56 Å². The maximum absolute atomic E-state index is 10.3. The van der Waals surface area contributed by atoms with Crippen LogP contribution in [0.4, 0.5) is 0 Å². The van der Waals surface area contributed by atoms with Gasteiger partial charge in [0.2, 0.25) is 0 Å². The van der Waals surface area contributed by atoms with Gasteiger partial charge in [-0.15, -0.1) is 0 Å². The van der Waals surface area contributed by atoms with Gasteiger partial charge in [-0.2, -0.15) is 0 Å². The van der Waals surface area contributed by atoms with Gasteiger partial charge in [-0.05, 0) is 30.7 Å². The molecule has 1 aromatic heterocycles. The second kappa shape index (κ2) is 2.32. The highest BCUT2D eigenvalue weighted by Gasteiger charge is 2.66. The monoisotopic (exact) mass is 175 g/mol. The fourth-order valence-corrected chi connectivity index (χ4v) is 2.95. The van der Waals surface area contributed by atoms with E-state index in [0.29, 0.717) is 11.8 Å². The van der Waals surface area contributed by atoms with Crippen molar-refractivity contribution in [2.24, 2.45) is 11.8 Å². The summed E-state index contributed by atoms with van der Waals surface area (Å²) in [6.45, 7) is 0. The predicted molar refractivity (Wildman–Crippen MR) is 49.0 cm³/mol. The van der Waals surface area contributed by atoms with Crippen LogP contribution in [-0.2, 0) is 5.60 Å². The molecule has 0 radical (unpaired) electrons. The van der Waals surface area contributed by atoms with Crippen molar-refractivity contribution >= 4 is 0 Å². The third kappa shape index (κ3) is 0.841. The number of pyridine rings is 1. The summed E-state index contributed by atoms with van der Waals surface area (Å²) in [5, 5.41) is 10.3. The largest absolute Gasteiger partial charge is 0.385 e. The Kier molecular flexibility index (Phi) is 1.34. The molecule has 1 aromatic rings. The van der Waals surface area contributed by atoms with Crippen molar-refractivity contribution in [3.8, 4) is 0 Å². The lowest BCUT2D eigenvalue weighted by atomic mass is 10.0. The molecular weight excluding hydrogens is 162 g/mol. The maximum Gasteiger partial charge on any atom is 0.0975 e. The summed E-state index contributed by atoms with van der Waals surface area (Å²) < 4.78 is 0. The first-order valence-corrected chi connectivity index (χ1v) is 4.96. The van der Waals surface area contributed by atoms with Crippen LogP contribution in [0.15, 0.2) is 24.5 Å². The van der Waals surface area contributed by atoms with Crippen molar-refractivity contribution in [1.82, 2.24) is 4.98 Å². The first kappa shape index (κ1) is 7.51. The van der Waals surface area contributed by atoms with Gasteiger partial charge in [-0.25, -0.2) is 0 Å². The van der Waals surface area contributed by atoms with Gasteiger partial charge in [0.1, 0.15) is 0 Å². The van der Waals surface area contributed by atoms with Crippen LogP contribution >= 0.6 is 0 Å². The van der Waals surface area contributed by atoms with E-state index in [4.69, 9.17) is 0 Å². The van der Waals surface area contributed by atoms with E-state index in [9.17, 15) is 5.11 Å². The minimum Gasteiger partial charge on any atom is -0.385 e. The highest BCUT2D eigenvalue weighted by atomic mass is 16.3. The van der Waals surface area contributed by atoms with E-state index < -0.39 is 5.60 Å². The highest BCUT2D eigenvalue weighted by Crippen LogP contribution is 2.65. The molecule has 0 aliphatic heterocycles. The maximum atomic E-state index is 10.3. The Hall–Kier alpha value is -0.890. The third-order valence-electron chi connectivity index (χ3n) is 3.66. The van der Waals surface area contributed by atoms with Crippen molar-refractivity contribution in [2.45, 2.75) is 24.9 Å². The smallest absolute Gasteiger partial charge is 0.0975 e. The van der Waals surface area contributed by atoms with Gasteiger partial charge in [-0.1, -0.05) is 12.5 Å². The molecular formula is C11H13NO. The second-order valence-electron chi connectivity index (χ2n) is 4.21. The minimum absolute atomic E-state index is 0.507. The molecule has 2 fully saturated rings. The zero-order chi connectivity index (χ0) is 8.89. The van der Waals surface area contributed by atoms with Crippen LogP contribution in [0, 0.1) is 11.8 Å². The second-order valence-corrected chi connectivity index (χ2v) is 4.21. The van der Waals surface area contributed by atoms with Gasteiger partial charge >= 0.3 is 0 Å². The van der Waals surface area contributed by atoms with E-state index in [1.165, 1.54) is 19.3 Å². The van der Waals surface area contributed by atoms with Crippen molar-refractivity contribution in [2.75, 3.05) is 0 Å². The summed E-state index contributed by atoms with van der Waals surface area (Å²) in [5.74, 6) is 1.05. The molecule has 0 amide bonds. The predicted octanol–water partition coefficient (Wildman–Crippen LogP) is 1.70. The van der Waals surface area contributed by atoms with Crippen molar-refractivity contribution in [1.29, 1.82) is 0 Å². The Morgan fingerprint density at radius 1 is 1.38 bits per heavy atom. The van der Waals surface area contributed by atoms with Crippen LogP contribution in [0.1, 0.15) is 24.8 Å². The lowest BCUT2D eigenvalue weighted by Crippen LogP contribution is -2.13. The van der Waals surface area contributed by atoms with Gasteiger partial charge in [0.15, 0.2) is 0 Å². The van der Waals surface area contributed by atoms with Crippen LogP contribution in [0.3, 0.4) is 0 Å². The Morgan fingerprint density at radius 2 is 2.15 bits per heavy atom. The molecule has 0 aromatic carbocycles. The molecule has 13 heavy (non-hydrogen) atoms. The summed E-state index contributed by atoms with van der Waals surface area (Å²) in [5.41, 5.74) is 0.511. The molecule has 1 N–H and O–H groups in total. The molecule has 0 bridgehead atoms. The number of aromatic nitrogens is 1. The third-order valence-corrected chi connectivity index (χ3v) is 3.66. The Labute approximate surface area is 77.6 Å². The normalized spacial score (nSPS) is 41.6. The molecule has 2 saturated carbocycles. The number of hydrogen-bond acceptors (Lipinski definition) is 2. The van der Waals surface area contributed by atoms with Crippen molar-refractivity contribution in [3.63, 3.8) is 0 Å². The molecule has 2 atom stereocenters. The molecule has 1 heterocycles. The van der Waals surface area contributed by atoms with Crippen LogP contribution in [0.2, 0.25) is 0 Å². The fourth-order valence-electron chi connectivity index (χ4n) is 2.95. The number of fused-ring (bicyclic) bond motifs is 1. The Morgan fingerprint density at radius 3 is 2.77 bits per heavy atom. The zero-order valence-electron chi connectivity index (χ0n) is 7.48. The average Bonchev–Trinajstić information content (AvgIpc) is 2.62. The Bertz CT molecular complexity index is 312. The molecule has 2 nitrogen and oxygen atoms in total. The fraction of sp³-hybridized carbons (Fsp3) is 0.545. The molecule has 2 heteroatoms. The average molecular weight is 175 g/mol. The number of rotatable bonds is 1. The van der Waals surface area contributed by atoms with Crippen molar-refractivity contribution in [3.05, 3.63) is 30.1 Å². The molecule has 2 aliphatic rings. The zero-order valence-corrected chi connectivity index (χ0v) is 7.48. The SMILES string of the molecule is OC1(c2cccnc2)C2CCCC21. The van der Waals surface area contributed by atoms with Gasteiger partial charge in [0.05, 0.1) is 5.60 Å². The lowest BCUT2D eigenvalue weighted by Gasteiger charge is -2.13. The molecule has 68 valence electrons. The first-order valence-electron chi connectivity index (χ1n) is 4.96. The topological polar surface area (TPSA) is 33.1 Å². The molecule has 0 spiro atoms. The molecule has 2 unspecified atom stereocenters. The first-order chi connectivity index (χ1) is 6.33. The number of nitrogens with zero attached hydrogens (tertiary/aromatic N) is 1. The number of aliphatic hydroxyl groups is 1. The number of hydrogen-bond donors (Lipinski definition) is 1. The van der Waals surface area contributed by atoms with Crippen LogP contribution < -0.4 is 0 Å². The van der Waals surface area contributed by atoms with Crippen LogP contribution in [0.5, 0.6) is 0 Å². The van der Waals surface area contributed by atoms with E-state index >= 15 is 0 Å². The quantitative estimate of drug-likeness (QED) is 0.704. The summed E-state index contributed by atoms with van der Waals surface area (Å²) in [7, 11) is 0. The van der Waals surface area contributed by atoms with Crippen LogP contribution in [-0.4, -0.2) is 10.1 Å². The van der Waals surface area contributed by atoms with E-state index in [1.54, 1.807) is 12.4 Å². The molecule has 3 rings (SSSR count). The van der Waals surface area contributed by atoms with Gasteiger partial charge < -0.3 is 5.11 Å². The van der Waals surface area contributed by atoms with Gasteiger partial charge in [-0.3, -0.25) is 4.98 Å². The van der Waals surface area contributed by atoms with Gasteiger partial charge in [0, 0.05) is 18.0 Å². The molecule has 2 aliphatic carbocycles. The minimum atomic E-state index is -0.507. The van der Waals surface area contributed by atoms with Crippen molar-refractivity contribution < 1.29 is 5.11 Å². The van der Waals surface area contributed by atoms with E-state index in [-0.39, 0.29) is 0 Å². The van der Waals surface area contributed by atoms with E-state index in [2.05, 4.69) is 4.98 Å². The lowest BCUT2D eigenvalue weighted by molar-refractivity contribution is 0.105. The standard InChI is InChI=1S/C11H13NO/c13-11(8-3-2-6-12-7-8)9-4-1-5-10(9)11/h2-3,6-7,9-10,13H,1,4-5H2. The molecule has 0 saturated heterocycles. The Balaban J connectivity index is 1.95.